The van der Waals surface area contributed by atoms with E-state index in [1.165, 1.54) is 4.90 Å². The number of carbonyl (C=O) groups excluding carboxylic acids is 3. The minimum atomic E-state index is -0.185. The SMILES string of the molecule is CC(C)(C)C1CC(=O)N(CCCCCCC(=O)N2CC[C@@H](C(C)(C)C)C2)C1=O. The molecular formula is C23H40N2O3. The average molecular weight is 393 g/mol. The van der Waals surface area contributed by atoms with Crippen LogP contribution in [0.25, 0.3) is 0 Å². The number of amides is 3. The molecule has 2 aliphatic heterocycles. The number of hydrogen-bond acceptors (Lipinski definition) is 3. The monoisotopic (exact) mass is 392 g/mol. The first-order valence-electron chi connectivity index (χ1n) is 11.0. The maximum absolute atomic E-state index is 12.5. The van der Waals surface area contributed by atoms with Crippen LogP contribution in [0, 0.1) is 22.7 Å². The molecule has 160 valence electrons. The van der Waals surface area contributed by atoms with Crippen molar-refractivity contribution in [2.24, 2.45) is 22.7 Å². The van der Waals surface area contributed by atoms with E-state index in [4.69, 9.17) is 0 Å². The Morgan fingerprint density at radius 2 is 1.61 bits per heavy atom. The van der Waals surface area contributed by atoms with Gasteiger partial charge >= 0.3 is 0 Å². The Bertz CT molecular complexity index is 586. The predicted molar refractivity (Wildman–Crippen MR) is 112 cm³/mol. The van der Waals surface area contributed by atoms with E-state index in [1.807, 2.05) is 25.7 Å². The molecule has 2 saturated heterocycles. The van der Waals surface area contributed by atoms with Gasteiger partial charge in [0.05, 0.1) is 5.92 Å². The third kappa shape index (κ3) is 5.81. The first-order valence-corrected chi connectivity index (χ1v) is 11.0. The molecule has 0 bridgehead atoms. The van der Waals surface area contributed by atoms with Crippen LogP contribution >= 0.6 is 0 Å². The van der Waals surface area contributed by atoms with Crippen molar-refractivity contribution in [2.45, 2.75) is 86.5 Å². The van der Waals surface area contributed by atoms with Crippen LogP contribution in [0.1, 0.15) is 86.5 Å². The van der Waals surface area contributed by atoms with E-state index in [0.717, 1.165) is 45.2 Å². The van der Waals surface area contributed by atoms with E-state index >= 15 is 0 Å². The fourth-order valence-corrected chi connectivity index (χ4v) is 4.35. The molecule has 2 atom stereocenters. The molecule has 0 aromatic carbocycles. The molecule has 2 heterocycles. The summed E-state index contributed by atoms with van der Waals surface area (Å²) in [5.41, 5.74) is 0.106. The summed E-state index contributed by atoms with van der Waals surface area (Å²) in [6, 6.07) is 0. The first-order chi connectivity index (χ1) is 12.9. The summed E-state index contributed by atoms with van der Waals surface area (Å²) in [6.45, 7) is 15.2. The van der Waals surface area contributed by atoms with Crippen LogP contribution in [-0.2, 0) is 14.4 Å². The van der Waals surface area contributed by atoms with Crippen molar-refractivity contribution in [1.29, 1.82) is 0 Å². The summed E-state index contributed by atoms with van der Waals surface area (Å²) in [7, 11) is 0. The fourth-order valence-electron chi connectivity index (χ4n) is 4.35. The van der Waals surface area contributed by atoms with Crippen molar-refractivity contribution in [2.75, 3.05) is 19.6 Å². The summed E-state index contributed by atoms with van der Waals surface area (Å²) >= 11 is 0. The molecule has 2 aliphatic rings. The molecule has 5 nitrogen and oxygen atoms in total. The van der Waals surface area contributed by atoms with Crippen molar-refractivity contribution in [1.82, 2.24) is 9.80 Å². The standard InChI is InChI=1S/C23H40N2O3/c1-22(2,3)17-12-14-24(16-17)19(26)11-9-7-8-10-13-25-20(27)15-18(21(25)28)23(4,5)6/h17-18H,7-16H2,1-6H3/t17-,18?/m1/s1. The van der Waals surface area contributed by atoms with E-state index in [9.17, 15) is 14.4 Å². The van der Waals surface area contributed by atoms with Crippen molar-refractivity contribution in [3.05, 3.63) is 0 Å². The van der Waals surface area contributed by atoms with E-state index in [2.05, 4.69) is 20.8 Å². The second-order valence-corrected chi connectivity index (χ2v) is 10.9. The highest BCUT2D eigenvalue weighted by Gasteiger charge is 2.44. The topological polar surface area (TPSA) is 57.7 Å². The molecule has 0 saturated carbocycles. The second kappa shape index (κ2) is 8.96. The van der Waals surface area contributed by atoms with Gasteiger partial charge in [0.25, 0.3) is 0 Å². The fraction of sp³-hybridized carbons (Fsp3) is 0.870. The molecule has 0 aromatic rings. The lowest BCUT2D eigenvalue weighted by Crippen LogP contribution is -2.34. The van der Waals surface area contributed by atoms with Crippen LogP contribution < -0.4 is 0 Å². The largest absolute Gasteiger partial charge is 0.342 e. The Kier molecular flexibility index (Phi) is 7.33. The van der Waals surface area contributed by atoms with Gasteiger partial charge in [-0.1, -0.05) is 54.4 Å². The Labute approximate surface area is 171 Å². The average Bonchev–Trinajstić information content (AvgIpc) is 3.16. The lowest BCUT2D eigenvalue weighted by molar-refractivity contribution is -0.140. The first kappa shape index (κ1) is 22.9. The van der Waals surface area contributed by atoms with Crippen LogP contribution in [0.2, 0.25) is 0 Å². The van der Waals surface area contributed by atoms with Crippen LogP contribution in [0.15, 0.2) is 0 Å². The molecule has 0 radical (unpaired) electrons. The maximum atomic E-state index is 12.5. The van der Waals surface area contributed by atoms with E-state index in [1.54, 1.807) is 0 Å². The Balaban J connectivity index is 1.62. The minimum absolute atomic E-state index is 0.00452. The van der Waals surface area contributed by atoms with E-state index in [-0.39, 0.29) is 34.5 Å². The van der Waals surface area contributed by atoms with E-state index in [0.29, 0.717) is 25.3 Å². The highest BCUT2D eigenvalue weighted by Crippen LogP contribution is 2.36. The zero-order chi connectivity index (χ0) is 21.1. The van der Waals surface area contributed by atoms with E-state index < -0.39 is 0 Å². The van der Waals surface area contributed by atoms with Gasteiger partial charge in [0.15, 0.2) is 0 Å². The molecule has 0 aliphatic carbocycles. The molecule has 2 fully saturated rings. The molecule has 5 heteroatoms. The molecule has 0 N–H and O–H groups in total. The highest BCUT2D eigenvalue weighted by molar-refractivity contribution is 6.03. The van der Waals surface area contributed by atoms with Gasteiger partial charge in [-0.15, -0.1) is 0 Å². The lowest BCUT2D eigenvalue weighted by Gasteiger charge is -2.27. The molecule has 2 rings (SSSR count). The van der Waals surface area contributed by atoms with Gasteiger partial charge < -0.3 is 4.90 Å². The zero-order valence-corrected chi connectivity index (χ0v) is 18.8. The number of nitrogens with zero attached hydrogens (tertiary/aromatic N) is 2. The lowest BCUT2D eigenvalue weighted by atomic mass is 9.80. The highest BCUT2D eigenvalue weighted by atomic mass is 16.2. The predicted octanol–water partition coefficient (Wildman–Crippen LogP) is 4.25. The van der Waals surface area contributed by atoms with Crippen LogP contribution in [0.5, 0.6) is 0 Å². The van der Waals surface area contributed by atoms with Crippen LogP contribution in [-0.4, -0.2) is 47.2 Å². The zero-order valence-electron chi connectivity index (χ0n) is 18.8. The van der Waals surface area contributed by atoms with Crippen molar-refractivity contribution in [3.8, 4) is 0 Å². The third-order valence-corrected chi connectivity index (χ3v) is 6.58. The number of rotatable bonds is 7. The van der Waals surface area contributed by atoms with Crippen molar-refractivity contribution in [3.63, 3.8) is 0 Å². The van der Waals surface area contributed by atoms with Crippen LogP contribution in [0.4, 0.5) is 0 Å². The number of hydrogen-bond donors (Lipinski definition) is 0. The summed E-state index contributed by atoms with van der Waals surface area (Å²) in [4.78, 5) is 40.5. The number of imide groups is 1. The summed E-state index contributed by atoms with van der Waals surface area (Å²) in [5.74, 6) is 0.668. The summed E-state index contributed by atoms with van der Waals surface area (Å²) in [6.07, 6.45) is 5.73. The van der Waals surface area contributed by atoms with Gasteiger partial charge in [-0.05, 0) is 36.0 Å². The van der Waals surface area contributed by atoms with Gasteiger partial charge in [-0.25, -0.2) is 0 Å². The number of carbonyl (C=O) groups is 3. The number of unbranched alkanes of at least 4 members (excludes halogenated alkanes) is 3. The smallest absolute Gasteiger partial charge is 0.233 e. The van der Waals surface area contributed by atoms with Gasteiger partial charge in [-0.2, -0.15) is 0 Å². The van der Waals surface area contributed by atoms with Gasteiger partial charge in [-0.3, -0.25) is 19.3 Å². The number of likely N-dealkylation sites (tertiary alicyclic amines) is 2. The molecule has 1 unspecified atom stereocenters. The molecular weight excluding hydrogens is 352 g/mol. The normalized spacial score (nSPS) is 23.8. The molecule has 28 heavy (non-hydrogen) atoms. The summed E-state index contributed by atoms with van der Waals surface area (Å²) in [5, 5.41) is 0. The van der Waals surface area contributed by atoms with Crippen molar-refractivity contribution < 1.29 is 14.4 Å². The third-order valence-electron chi connectivity index (χ3n) is 6.58. The van der Waals surface area contributed by atoms with Gasteiger partial charge in [0.2, 0.25) is 17.7 Å². The van der Waals surface area contributed by atoms with Gasteiger partial charge in [0, 0.05) is 32.5 Å². The second-order valence-electron chi connectivity index (χ2n) is 10.9. The van der Waals surface area contributed by atoms with Crippen LogP contribution in [0.3, 0.4) is 0 Å². The molecule has 0 spiro atoms. The Morgan fingerprint density at radius 1 is 0.964 bits per heavy atom. The Hall–Kier alpha value is -1.39. The Morgan fingerprint density at radius 3 is 2.14 bits per heavy atom. The quantitative estimate of drug-likeness (QED) is 0.481. The maximum Gasteiger partial charge on any atom is 0.233 e. The molecule has 3 amide bonds. The van der Waals surface area contributed by atoms with Crippen molar-refractivity contribution >= 4 is 17.7 Å². The molecule has 0 aromatic heterocycles. The minimum Gasteiger partial charge on any atom is -0.342 e. The summed E-state index contributed by atoms with van der Waals surface area (Å²) < 4.78 is 0. The van der Waals surface area contributed by atoms with Gasteiger partial charge in [0.1, 0.15) is 0 Å².